The van der Waals surface area contributed by atoms with Crippen LogP contribution in [0.1, 0.15) is 18.4 Å². The van der Waals surface area contributed by atoms with Crippen molar-refractivity contribution < 1.29 is 9.53 Å². The molecule has 0 unspecified atom stereocenters. The van der Waals surface area contributed by atoms with Gasteiger partial charge in [-0.25, -0.2) is 0 Å². The zero-order chi connectivity index (χ0) is 10.7. The molecule has 15 heavy (non-hydrogen) atoms. The molecule has 1 aliphatic heterocycles. The average molecular weight is 205 g/mol. The van der Waals surface area contributed by atoms with Crippen LogP contribution in [0.5, 0.6) is 0 Å². The van der Waals surface area contributed by atoms with Crippen molar-refractivity contribution in [3.05, 3.63) is 29.8 Å². The van der Waals surface area contributed by atoms with Gasteiger partial charge in [-0.15, -0.1) is 0 Å². The summed E-state index contributed by atoms with van der Waals surface area (Å²) in [5.41, 5.74) is 1.98. The highest BCUT2D eigenvalue weighted by Crippen LogP contribution is 2.15. The second kappa shape index (κ2) is 4.45. The van der Waals surface area contributed by atoms with Crippen LogP contribution in [-0.2, 0) is 9.53 Å². The van der Waals surface area contributed by atoms with Gasteiger partial charge in [0.05, 0.1) is 0 Å². The summed E-state index contributed by atoms with van der Waals surface area (Å²) in [4.78, 5) is 11.7. The Hall–Kier alpha value is -1.35. The molecule has 1 aromatic carbocycles. The first kappa shape index (κ1) is 10.2. The minimum atomic E-state index is -0.259. The molecule has 1 N–H and O–H groups in total. The Morgan fingerprint density at radius 1 is 1.53 bits per heavy atom. The lowest BCUT2D eigenvalue weighted by Gasteiger charge is -2.10. The van der Waals surface area contributed by atoms with Gasteiger partial charge < -0.3 is 10.1 Å². The third kappa shape index (κ3) is 2.57. The van der Waals surface area contributed by atoms with Gasteiger partial charge in [0.1, 0.15) is 6.10 Å². The third-order valence-corrected chi connectivity index (χ3v) is 2.51. The van der Waals surface area contributed by atoms with Crippen LogP contribution in [0, 0.1) is 6.92 Å². The second-order valence-corrected chi connectivity index (χ2v) is 3.86. The van der Waals surface area contributed by atoms with Gasteiger partial charge in [-0.2, -0.15) is 0 Å². The number of amides is 1. The summed E-state index contributed by atoms with van der Waals surface area (Å²) in [7, 11) is 0. The molecule has 1 amide bonds. The number of aryl methyl sites for hydroxylation is 1. The fraction of sp³-hybridized carbons (Fsp3) is 0.417. The van der Waals surface area contributed by atoms with Crippen LogP contribution in [0.2, 0.25) is 0 Å². The van der Waals surface area contributed by atoms with Gasteiger partial charge in [0, 0.05) is 12.3 Å². The number of hydrogen-bond acceptors (Lipinski definition) is 2. The van der Waals surface area contributed by atoms with Gasteiger partial charge in [-0.1, -0.05) is 12.1 Å². The van der Waals surface area contributed by atoms with Crippen molar-refractivity contribution in [2.75, 3.05) is 11.9 Å². The molecule has 1 saturated heterocycles. The van der Waals surface area contributed by atoms with Crippen LogP contribution >= 0.6 is 0 Å². The smallest absolute Gasteiger partial charge is 0.253 e. The Bertz CT molecular complexity index is 356. The molecule has 0 aliphatic carbocycles. The number of rotatable bonds is 2. The Balaban J connectivity index is 1.99. The Morgan fingerprint density at radius 2 is 2.40 bits per heavy atom. The minimum Gasteiger partial charge on any atom is -0.368 e. The molecule has 80 valence electrons. The number of anilines is 1. The quantitative estimate of drug-likeness (QED) is 0.803. The van der Waals surface area contributed by atoms with E-state index < -0.39 is 0 Å². The van der Waals surface area contributed by atoms with Gasteiger partial charge in [0.15, 0.2) is 0 Å². The minimum absolute atomic E-state index is 0.0295. The Morgan fingerprint density at radius 3 is 3.07 bits per heavy atom. The summed E-state index contributed by atoms with van der Waals surface area (Å²) in [6.07, 6.45) is 1.55. The van der Waals surface area contributed by atoms with E-state index in [1.54, 1.807) is 0 Å². The average Bonchev–Trinajstić information content (AvgIpc) is 2.70. The first-order valence-corrected chi connectivity index (χ1v) is 5.25. The topological polar surface area (TPSA) is 38.3 Å². The SMILES string of the molecule is Cc1cccc(NC(=O)[C@H]2CCCO2)c1. The highest BCUT2D eigenvalue weighted by Gasteiger charge is 2.23. The van der Waals surface area contributed by atoms with Crippen LogP contribution in [0.3, 0.4) is 0 Å². The zero-order valence-electron chi connectivity index (χ0n) is 8.82. The molecule has 0 spiro atoms. The Labute approximate surface area is 89.4 Å². The number of nitrogens with one attached hydrogen (secondary N) is 1. The van der Waals surface area contributed by atoms with Crippen molar-refractivity contribution in [3.8, 4) is 0 Å². The number of carbonyl (C=O) groups is 1. The molecule has 1 aromatic rings. The number of hydrogen-bond donors (Lipinski definition) is 1. The van der Waals surface area contributed by atoms with Crippen LogP contribution < -0.4 is 5.32 Å². The normalized spacial score (nSPS) is 20.2. The van der Waals surface area contributed by atoms with Crippen LogP contribution in [0.25, 0.3) is 0 Å². The van der Waals surface area contributed by atoms with Crippen molar-refractivity contribution >= 4 is 11.6 Å². The van der Waals surface area contributed by atoms with E-state index in [2.05, 4.69) is 5.32 Å². The van der Waals surface area contributed by atoms with Gasteiger partial charge in [0.25, 0.3) is 5.91 Å². The van der Waals surface area contributed by atoms with E-state index >= 15 is 0 Å². The van der Waals surface area contributed by atoms with Gasteiger partial charge >= 0.3 is 0 Å². The van der Waals surface area contributed by atoms with E-state index in [0.717, 1.165) is 24.1 Å². The molecular formula is C12H15NO2. The van der Waals surface area contributed by atoms with E-state index in [1.165, 1.54) is 0 Å². The van der Waals surface area contributed by atoms with E-state index in [1.807, 2.05) is 31.2 Å². The molecule has 3 heteroatoms. The van der Waals surface area contributed by atoms with Gasteiger partial charge in [0.2, 0.25) is 0 Å². The maximum Gasteiger partial charge on any atom is 0.253 e. The fourth-order valence-electron chi connectivity index (χ4n) is 1.73. The predicted molar refractivity (Wildman–Crippen MR) is 58.8 cm³/mol. The van der Waals surface area contributed by atoms with E-state index in [4.69, 9.17) is 4.74 Å². The lowest BCUT2D eigenvalue weighted by molar-refractivity contribution is -0.124. The van der Waals surface area contributed by atoms with Crippen molar-refractivity contribution in [1.82, 2.24) is 0 Å². The number of carbonyl (C=O) groups excluding carboxylic acids is 1. The molecule has 0 aromatic heterocycles. The van der Waals surface area contributed by atoms with Crippen LogP contribution in [-0.4, -0.2) is 18.6 Å². The number of ether oxygens (including phenoxy) is 1. The Kier molecular flexibility index (Phi) is 3.02. The van der Waals surface area contributed by atoms with E-state index in [-0.39, 0.29) is 12.0 Å². The monoisotopic (exact) mass is 205 g/mol. The van der Waals surface area contributed by atoms with Crippen LogP contribution in [0.4, 0.5) is 5.69 Å². The number of benzene rings is 1. The molecule has 0 bridgehead atoms. The summed E-state index contributed by atoms with van der Waals surface area (Å²) in [6, 6.07) is 7.77. The van der Waals surface area contributed by atoms with E-state index in [9.17, 15) is 4.79 Å². The molecule has 1 fully saturated rings. The molecule has 3 nitrogen and oxygen atoms in total. The zero-order valence-corrected chi connectivity index (χ0v) is 8.82. The first-order chi connectivity index (χ1) is 7.25. The molecule has 1 aliphatic rings. The summed E-state index contributed by atoms with van der Waals surface area (Å²) in [6.45, 7) is 2.70. The first-order valence-electron chi connectivity index (χ1n) is 5.25. The molecular weight excluding hydrogens is 190 g/mol. The highest BCUT2D eigenvalue weighted by atomic mass is 16.5. The van der Waals surface area contributed by atoms with Crippen molar-refractivity contribution in [1.29, 1.82) is 0 Å². The highest BCUT2D eigenvalue weighted by molar-refractivity contribution is 5.94. The van der Waals surface area contributed by atoms with Crippen molar-refractivity contribution in [2.45, 2.75) is 25.9 Å². The van der Waals surface area contributed by atoms with Crippen molar-refractivity contribution in [3.63, 3.8) is 0 Å². The maximum absolute atomic E-state index is 11.7. The lowest BCUT2D eigenvalue weighted by Crippen LogP contribution is -2.26. The maximum atomic E-state index is 11.7. The lowest BCUT2D eigenvalue weighted by atomic mass is 10.2. The summed E-state index contributed by atoms with van der Waals surface area (Å²) >= 11 is 0. The predicted octanol–water partition coefficient (Wildman–Crippen LogP) is 2.11. The fourth-order valence-corrected chi connectivity index (χ4v) is 1.73. The molecule has 1 heterocycles. The van der Waals surface area contributed by atoms with Crippen molar-refractivity contribution in [2.24, 2.45) is 0 Å². The standard InChI is InChI=1S/C12H15NO2/c1-9-4-2-5-10(8-9)13-12(14)11-6-3-7-15-11/h2,4-5,8,11H,3,6-7H2,1H3,(H,13,14)/t11-/m1/s1. The van der Waals surface area contributed by atoms with Gasteiger partial charge in [-0.05, 0) is 37.5 Å². The molecule has 0 radical (unpaired) electrons. The third-order valence-electron chi connectivity index (χ3n) is 2.51. The molecule has 2 rings (SSSR count). The summed E-state index contributed by atoms with van der Waals surface area (Å²) in [5.74, 6) is -0.0295. The van der Waals surface area contributed by atoms with E-state index in [0.29, 0.717) is 6.61 Å². The summed E-state index contributed by atoms with van der Waals surface area (Å²) in [5, 5.41) is 2.86. The molecule has 0 saturated carbocycles. The van der Waals surface area contributed by atoms with Gasteiger partial charge in [-0.3, -0.25) is 4.79 Å². The second-order valence-electron chi connectivity index (χ2n) is 3.86. The molecule has 1 atom stereocenters. The summed E-state index contributed by atoms with van der Waals surface area (Å²) < 4.78 is 5.31. The van der Waals surface area contributed by atoms with Crippen LogP contribution in [0.15, 0.2) is 24.3 Å². The largest absolute Gasteiger partial charge is 0.368 e.